The molecule has 0 saturated heterocycles. The van der Waals surface area contributed by atoms with Gasteiger partial charge in [0.1, 0.15) is 0 Å². The van der Waals surface area contributed by atoms with Crippen molar-refractivity contribution < 1.29 is 0 Å². The van der Waals surface area contributed by atoms with Crippen LogP contribution in [-0.4, -0.2) is 18.1 Å². The zero-order valence-corrected chi connectivity index (χ0v) is 8.25. The number of thioether (sulfide) groups is 1. The van der Waals surface area contributed by atoms with Crippen LogP contribution in [0.5, 0.6) is 0 Å². The van der Waals surface area contributed by atoms with Crippen LogP contribution in [-0.2, 0) is 0 Å². The second kappa shape index (κ2) is 4.36. The Morgan fingerprint density at radius 2 is 2.18 bits per heavy atom. The number of hydrogen-bond donors (Lipinski definition) is 1. The van der Waals surface area contributed by atoms with Gasteiger partial charge in [0.15, 0.2) is 0 Å². The first kappa shape index (κ1) is 9.40. The van der Waals surface area contributed by atoms with Crippen molar-refractivity contribution in [2.75, 3.05) is 18.1 Å². The zero-order chi connectivity index (χ0) is 8.16. The fraction of sp³-hybridized carbons (Fsp3) is 1.00. The van der Waals surface area contributed by atoms with Crippen molar-refractivity contribution in [3.63, 3.8) is 0 Å². The van der Waals surface area contributed by atoms with Crippen LogP contribution in [0, 0.1) is 5.41 Å². The van der Waals surface area contributed by atoms with E-state index in [1.807, 2.05) is 11.8 Å². The molecule has 1 nitrogen and oxygen atoms in total. The number of hydrogen-bond acceptors (Lipinski definition) is 2. The fourth-order valence-electron chi connectivity index (χ4n) is 1.43. The summed E-state index contributed by atoms with van der Waals surface area (Å²) in [5.41, 5.74) is 6.28. The molecule has 0 heterocycles. The first-order chi connectivity index (χ1) is 5.33. The monoisotopic (exact) mass is 173 g/mol. The van der Waals surface area contributed by atoms with E-state index >= 15 is 0 Å². The van der Waals surface area contributed by atoms with E-state index in [-0.39, 0.29) is 0 Å². The molecule has 0 bridgehead atoms. The standard InChI is InChI=1S/C9H19NS/c1-2-11-7-3-4-9(8-10)5-6-9/h2-8,10H2,1H3. The van der Waals surface area contributed by atoms with Crippen LogP contribution >= 0.6 is 11.8 Å². The van der Waals surface area contributed by atoms with Crippen LogP contribution in [0.25, 0.3) is 0 Å². The number of rotatable bonds is 6. The third-order valence-electron chi connectivity index (χ3n) is 2.59. The van der Waals surface area contributed by atoms with Gasteiger partial charge in [-0.2, -0.15) is 11.8 Å². The Morgan fingerprint density at radius 1 is 1.45 bits per heavy atom. The van der Waals surface area contributed by atoms with E-state index in [1.54, 1.807) is 0 Å². The maximum atomic E-state index is 5.68. The summed E-state index contributed by atoms with van der Waals surface area (Å²) in [4.78, 5) is 0. The highest BCUT2D eigenvalue weighted by molar-refractivity contribution is 7.99. The van der Waals surface area contributed by atoms with Gasteiger partial charge in [0.25, 0.3) is 0 Å². The lowest BCUT2D eigenvalue weighted by Gasteiger charge is -2.10. The second-order valence-corrected chi connectivity index (χ2v) is 4.90. The van der Waals surface area contributed by atoms with Crippen LogP contribution in [0.3, 0.4) is 0 Å². The van der Waals surface area contributed by atoms with E-state index in [0.29, 0.717) is 5.41 Å². The summed E-state index contributed by atoms with van der Waals surface area (Å²) >= 11 is 2.05. The molecule has 0 aromatic carbocycles. The SMILES string of the molecule is CCSCCCC1(CN)CC1. The minimum atomic E-state index is 0.605. The van der Waals surface area contributed by atoms with Gasteiger partial charge < -0.3 is 5.73 Å². The van der Waals surface area contributed by atoms with Crippen molar-refractivity contribution in [2.24, 2.45) is 11.1 Å². The van der Waals surface area contributed by atoms with E-state index in [4.69, 9.17) is 5.73 Å². The molecule has 0 aliphatic heterocycles. The molecule has 11 heavy (non-hydrogen) atoms. The molecule has 0 atom stereocenters. The Morgan fingerprint density at radius 3 is 2.64 bits per heavy atom. The summed E-state index contributed by atoms with van der Waals surface area (Å²) in [6, 6.07) is 0. The maximum absolute atomic E-state index is 5.68. The zero-order valence-electron chi connectivity index (χ0n) is 7.44. The molecule has 66 valence electrons. The van der Waals surface area contributed by atoms with Crippen LogP contribution in [0.15, 0.2) is 0 Å². The minimum absolute atomic E-state index is 0.605. The van der Waals surface area contributed by atoms with Crippen molar-refractivity contribution >= 4 is 11.8 Å². The fourth-order valence-corrected chi connectivity index (χ4v) is 2.06. The average Bonchev–Trinajstić information content (AvgIpc) is 2.80. The average molecular weight is 173 g/mol. The molecule has 0 aromatic rings. The topological polar surface area (TPSA) is 26.0 Å². The highest BCUT2D eigenvalue weighted by Crippen LogP contribution is 2.48. The van der Waals surface area contributed by atoms with E-state index in [2.05, 4.69) is 6.92 Å². The molecule has 1 fully saturated rings. The predicted octanol–water partition coefficient (Wildman–Crippen LogP) is 2.26. The maximum Gasteiger partial charge on any atom is -0.00205 e. The first-order valence-corrected chi connectivity index (χ1v) is 5.76. The highest BCUT2D eigenvalue weighted by Gasteiger charge is 2.39. The lowest BCUT2D eigenvalue weighted by molar-refractivity contribution is 0.474. The molecule has 2 N–H and O–H groups in total. The second-order valence-electron chi connectivity index (χ2n) is 3.50. The Kier molecular flexibility index (Phi) is 3.73. The van der Waals surface area contributed by atoms with Crippen molar-refractivity contribution in [2.45, 2.75) is 32.6 Å². The summed E-state index contributed by atoms with van der Waals surface area (Å²) in [6.07, 6.45) is 5.52. The van der Waals surface area contributed by atoms with Gasteiger partial charge in [0.05, 0.1) is 0 Å². The summed E-state index contributed by atoms with van der Waals surface area (Å²) < 4.78 is 0. The summed E-state index contributed by atoms with van der Waals surface area (Å²) in [5, 5.41) is 0. The van der Waals surface area contributed by atoms with Crippen LogP contribution < -0.4 is 5.73 Å². The Balaban J connectivity index is 1.94. The third kappa shape index (κ3) is 3.04. The van der Waals surface area contributed by atoms with Gasteiger partial charge in [-0.25, -0.2) is 0 Å². The molecular weight excluding hydrogens is 154 g/mol. The molecule has 0 amide bonds. The molecule has 1 saturated carbocycles. The number of nitrogens with two attached hydrogens (primary N) is 1. The molecule has 0 radical (unpaired) electrons. The van der Waals surface area contributed by atoms with E-state index in [1.165, 1.54) is 37.2 Å². The van der Waals surface area contributed by atoms with Gasteiger partial charge in [-0.3, -0.25) is 0 Å². The van der Waals surface area contributed by atoms with E-state index in [0.717, 1.165) is 6.54 Å². The van der Waals surface area contributed by atoms with E-state index in [9.17, 15) is 0 Å². The predicted molar refractivity (Wildman–Crippen MR) is 53.0 cm³/mol. The van der Waals surface area contributed by atoms with Crippen LogP contribution in [0.4, 0.5) is 0 Å². The van der Waals surface area contributed by atoms with Gasteiger partial charge in [0, 0.05) is 0 Å². The lowest BCUT2D eigenvalue weighted by Crippen LogP contribution is -2.15. The first-order valence-electron chi connectivity index (χ1n) is 4.61. The Labute approximate surface area is 74.1 Å². The molecule has 2 heteroatoms. The molecule has 0 unspecified atom stereocenters. The van der Waals surface area contributed by atoms with Crippen molar-refractivity contribution in [1.82, 2.24) is 0 Å². The van der Waals surface area contributed by atoms with Gasteiger partial charge in [-0.1, -0.05) is 6.92 Å². The molecule has 1 rings (SSSR count). The Bertz CT molecular complexity index is 110. The van der Waals surface area contributed by atoms with Crippen molar-refractivity contribution in [3.05, 3.63) is 0 Å². The van der Waals surface area contributed by atoms with Gasteiger partial charge in [-0.05, 0) is 49.1 Å². The van der Waals surface area contributed by atoms with Crippen LogP contribution in [0.1, 0.15) is 32.6 Å². The lowest BCUT2D eigenvalue weighted by atomic mass is 10.0. The van der Waals surface area contributed by atoms with Gasteiger partial charge in [0.2, 0.25) is 0 Å². The van der Waals surface area contributed by atoms with E-state index < -0.39 is 0 Å². The Hall–Kier alpha value is 0.310. The minimum Gasteiger partial charge on any atom is -0.330 e. The third-order valence-corrected chi connectivity index (χ3v) is 3.58. The quantitative estimate of drug-likeness (QED) is 0.623. The largest absolute Gasteiger partial charge is 0.330 e. The van der Waals surface area contributed by atoms with Crippen molar-refractivity contribution in [1.29, 1.82) is 0 Å². The van der Waals surface area contributed by atoms with Crippen molar-refractivity contribution in [3.8, 4) is 0 Å². The highest BCUT2D eigenvalue weighted by atomic mass is 32.2. The van der Waals surface area contributed by atoms with Gasteiger partial charge >= 0.3 is 0 Å². The summed E-state index contributed by atoms with van der Waals surface area (Å²) in [5.74, 6) is 2.59. The summed E-state index contributed by atoms with van der Waals surface area (Å²) in [7, 11) is 0. The van der Waals surface area contributed by atoms with Gasteiger partial charge in [-0.15, -0.1) is 0 Å². The molecule has 1 aliphatic carbocycles. The molecule has 0 aromatic heterocycles. The summed E-state index contributed by atoms with van der Waals surface area (Å²) in [6.45, 7) is 3.14. The molecular formula is C9H19NS. The smallest absolute Gasteiger partial charge is 0.00205 e. The molecule has 1 aliphatic rings. The van der Waals surface area contributed by atoms with Crippen LogP contribution in [0.2, 0.25) is 0 Å². The normalized spacial score (nSPS) is 20.2. The molecule has 0 spiro atoms.